The number of carbonyl (C=O) groups is 1. The number of halogens is 3. The predicted molar refractivity (Wildman–Crippen MR) is 101 cm³/mol. The standard InChI is InChI=1S/C20H14F3NO4S/c21-20(22,23)16-5-1-3-14(11-16)15-4-2-6-17(12-15)24-29(27,28)18-9-7-13(8-10-18)19(25)26/h1-12,24H,(H,25,26). The van der Waals surface area contributed by atoms with Crippen LogP contribution in [0.15, 0.2) is 77.7 Å². The van der Waals surface area contributed by atoms with Crippen LogP contribution in [0.5, 0.6) is 0 Å². The average molecular weight is 421 g/mol. The van der Waals surface area contributed by atoms with Gasteiger partial charge in [-0.15, -0.1) is 0 Å². The Morgan fingerprint density at radius 1 is 0.862 bits per heavy atom. The van der Waals surface area contributed by atoms with Crippen molar-refractivity contribution in [1.82, 2.24) is 0 Å². The van der Waals surface area contributed by atoms with Crippen molar-refractivity contribution in [2.75, 3.05) is 4.72 Å². The van der Waals surface area contributed by atoms with Gasteiger partial charge in [0.15, 0.2) is 0 Å². The van der Waals surface area contributed by atoms with Crippen molar-refractivity contribution in [2.24, 2.45) is 0 Å². The maximum atomic E-state index is 12.9. The summed E-state index contributed by atoms with van der Waals surface area (Å²) in [6, 6.07) is 15.3. The molecule has 0 fully saturated rings. The van der Waals surface area contributed by atoms with Crippen LogP contribution in [0.2, 0.25) is 0 Å². The highest BCUT2D eigenvalue weighted by molar-refractivity contribution is 7.92. The lowest BCUT2D eigenvalue weighted by Gasteiger charge is -2.11. The predicted octanol–water partition coefficient (Wildman–Crippen LogP) is 4.87. The second-order valence-electron chi connectivity index (χ2n) is 6.09. The van der Waals surface area contributed by atoms with E-state index >= 15 is 0 Å². The molecule has 0 aliphatic rings. The molecule has 3 aromatic carbocycles. The first-order chi connectivity index (χ1) is 13.6. The van der Waals surface area contributed by atoms with E-state index in [9.17, 15) is 26.4 Å². The number of rotatable bonds is 5. The molecule has 0 aromatic heterocycles. The number of aromatic carboxylic acids is 1. The van der Waals surface area contributed by atoms with E-state index < -0.39 is 27.7 Å². The Bertz CT molecular complexity index is 1160. The highest BCUT2D eigenvalue weighted by atomic mass is 32.2. The first kappa shape index (κ1) is 20.4. The lowest BCUT2D eigenvalue weighted by molar-refractivity contribution is -0.137. The normalized spacial score (nSPS) is 11.8. The molecule has 150 valence electrons. The van der Waals surface area contributed by atoms with Crippen LogP contribution < -0.4 is 4.72 Å². The summed E-state index contributed by atoms with van der Waals surface area (Å²) in [7, 11) is -4.01. The number of hydrogen-bond acceptors (Lipinski definition) is 3. The van der Waals surface area contributed by atoms with Crippen molar-refractivity contribution in [3.05, 3.63) is 83.9 Å². The Morgan fingerprint density at radius 2 is 1.45 bits per heavy atom. The molecule has 0 aliphatic carbocycles. The molecule has 0 radical (unpaired) electrons. The van der Waals surface area contributed by atoms with Crippen molar-refractivity contribution in [3.63, 3.8) is 0 Å². The van der Waals surface area contributed by atoms with Gasteiger partial charge in [0.05, 0.1) is 16.0 Å². The van der Waals surface area contributed by atoms with Crippen LogP contribution in [0.25, 0.3) is 11.1 Å². The highest BCUT2D eigenvalue weighted by Crippen LogP contribution is 2.33. The SMILES string of the molecule is O=C(O)c1ccc(S(=O)(=O)Nc2cccc(-c3cccc(C(F)(F)F)c3)c2)cc1. The lowest BCUT2D eigenvalue weighted by Crippen LogP contribution is -2.13. The minimum absolute atomic E-state index is 0.0597. The Balaban J connectivity index is 1.89. The summed E-state index contributed by atoms with van der Waals surface area (Å²) in [4.78, 5) is 10.7. The number of nitrogens with one attached hydrogen (secondary N) is 1. The van der Waals surface area contributed by atoms with Crippen molar-refractivity contribution < 1.29 is 31.5 Å². The first-order valence-electron chi connectivity index (χ1n) is 8.20. The van der Waals surface area contributed by atoms with Crippen molar-refractivity contribution in [3.8, 4) is 11.1 Å². The number of sulfonamides is 1. The fraction of sp³-hybridized carbons (Fsp3) is 0.0500. The molecular formula is C20H14F3NO4S. The van der Waals surface area contributed by atoms with E-state index in [1.165, 1.54) is 30.3 Å². The molecule has 2 N–H and O–H groups in total. The number of anilines is 1. The molecule has 0 heterocycles. The van der Waals surface area contributed by atoms with Gasteiger partial charge in [0, 0.05) is 5.69 Å². The van der Waals surface area contributed by atoms with Gasteiger partial charge in [0.1, 0.15) is 0 Å². The molecule has 0 bridgehead atoms. The van der Waals surface area contributed by atoms with E-state index in [0.717, 1.165) is 36.4 Å². The summed E-state index contributed by atoms with van der Waals surface area (Å²) < 4.78 is 66.1. The summed E-state index contributed by atoms with van der Waals surface area (Å²) in [5.74, 6) is -1.18. The quantitative estimate of drug-likeness (QED) is 0.616. The number of carboxylic acid groups (broad SMARTS) is 1. The van der Waals surface area contributed by atoms with Crippen LogP contribution in [0.4, 0.5) is 18.9 Å². The first-order valence-corrected chi connectivity index (χ1v) is 9.68. The fourth-order valence-corrected chi connectivity index (χ4v) is 3.68. The van der Waals surface area contributed by atoms with E-state index in [2.05, 4.69) is 4.72 Å². The van der Waals surface area contributed by atoms with Crippen molar-refractivity contribution >= 4 is 21.7 Å². The third kappa shape index (κ3) is 4.75. The molecule has 9 heteroatoms. The van der Waals surface area contributed by atoms with Crippen LogP contribution in [0.3, 0.4) is 0 Å². The van der Waals surface area contributed by atoms with Gasteiger partial charge in [-0.1, -0.05) is 24.3 Å². The van der Waals surface area contributed by atoms with Crippen molar-refractivity contribution in [2.45, 2.75) is 11.1 Å². The van der Waals surface area contributed by atoms with Crippen molar-refractivity contribution in [1.29, 1.82) is 0 Å². The topological polar surface area (TPSA) is 83.5 Å². The number of benzene rings is 3. The van der Waals surface area contributed by atoms with E-state index in [1.54, 1.807) is 6.07 Å². The Kier molecular flexibility index (Phi) is 5.34. The highest BCUT2D eigenvalue weighted by Gasteiger charge is 2.30. The smallest absolute Gasteiger partial charge is 0.416 e. The minimum atomic E-state index is -4.49. The molecule has 5 nitrogen and oxygen atoms in total. The molecule has 29 heavy (non-hydrogen) atoms. The van der Waals surface area contributed by atoms with E-state index in [-0.39, 0.29) is 21.7 Å². The zero-order chi connectivity index (χ0) is 21.2. The number of carboxylic acids is 1. The van der Waals surface area contributed by atoms with E-state index in [4.69, 9.17) is 5.11 Å². The molecule has 3 rings (SSSR count). The van der Waals surface area contributed by atoms with Crippen LogP contribution in [-0.2, 0) is 16.2 Å². The zero-order valence-corrected chi connectivity index (χ0v) is 15.5. The molecule has 0 saturated heterocycles. The second kappa shape index (κ2) is 7.59. The summed E-state index contributed by atoms with van der Waals surface area (Å²) in [6.07, 6.45) is -4.49. The second-order valence-corrected chi connectivity index (χ2v) is 7.78. The Hall–Kier alpha value is -3.33. The molecular weight excluding hydrogens is 407 g/mol. The molecule has 0 saturated carbocycles. The van der Waals surface area contributed by atoms with Gasteiger partial charge in [-0.2, -0.15) is 13.2 Å². The molecule has 0 unspecified atom stereocenters. The van der Waals surface area contributed by atoms with Crippen LogP contribution in [0, 0.1) is 0 Å². The van der Waals surface area contributed by atoms with Crippen LogP contribution in [-0.4, -0.2) is 19.5 Å². The lowest BCUT2D eigenvalue weighted by atomic mass is 10.0. The zero-order valence-electron chi connectivity index (χ0n) is 14.6. The Morgan fingerprint density at radius 3 is 2.03 bits per heavy atom. The third-order valence-electron chi connectivity index (χ3n) is 4.05. The van der Waals surface area contributed by atoms with Gasteiger partial charge >= 0.3 is 12.1 Å². The fourth-order valence-electron chi connectivity index (χ4n) is 2.63. The summed E-state index contributed by atoms with van der Waals surface area (Å²) in [5, 5.41) is 8.89. The van der Waals surface area contributed by atoms with Gasteiger partial charge in [-0.05, 0) is 59.7 Å². The minimum Gasteiger partial charge on any atom is -0.478 e. The van der Waals surface area contributed by atoms with Gasteiger partial charge < -0.3 is 5.11 Å². The maximum Gasteiger partial charge on any atom is 0.416 e. The largest absolute Gasteiger partial charge is 0.478 e. The van der Waals surface area contributed by atoms with Gasteiger partial charge in [-0.25, -0.2) is 13.2 Å². The number of alkyl halides is 3. The van der Waals surface area contributed by atoms with Gasteiger partial charge in [-0.3, -0.25) is 4.72 Å². The summed E-state index contributed by atoms with van der Waals surface area (Å²) >= 11 is 0. The monoisotopic (exact) mass is 421 g/mol. The Labute approximate surface area is 164 Å². The number of hydrogen-bond donors (Lipinski definition) is 2. The van der Waals surface area contributed by atoms with Crippen LogP contribution >= 0.6 is 0 Å². The third-order valence-corrected chi connectivity index (χ3v) is 5.45. The molecule has 0 atom stereocenters. The summed E-state index contributed by atoms with van der Waals surface area (Å²) in [5.41, 5.74) is -0.0265. The van der Waals surface area contributed by atoms with Gasteiger partial charge in [0.25, 0.3) is 10.0 Å². The molecule has 0 amide bonds. The van der Waals surface area contributed by atoms with E-state index in [0.29, 0.717) is 5.56 Å². The average Bonchev–Trinajstić information content (AvgIpc) is 2.67. The molecule has 0 spiro atoms. The van der Waals surface area contributed by atoms with Crippen LogP contribution in [0.1, 0.15) is 15.9 Å². The summed E-state index contributed by atoms with van der Waals surface area (Å²) in [6.45, 7) is 0. The molecule has 0 aliphatic heterocycles. The van der Waals surface area contributed by atoms with Gasteiger partial charge in [0.2, 0.25) is 0 Å². The molecule has 3 aromatic rings. The van der Waals surface area contributed by atoms with E-state index in [1.807, 2.05) is 0 Å². The maximum absolute atomic E-state index is 12.9.